The number of carbonyl (C=O) groups is 1. The molecule has 18 heavy (non-hydrogen) atoms. The summed E-state index contributed by atoms with van der Waals surface area (Å²) < 4.78 is 5.12. The van der Waals surface area contributed by atoms with E-state index in [9.17, 15) is 4.79 Å². The molecule has 0 amide bonds. The highest BCUT2D eigenvalue weighted by Crippen LogP contribution is 2.46. The van der Waals surface area contributed by atoms with Crippen molar-refractivity contribution in [2.75, 3.05) is 6.61 Å². The van der Waals surface area contributed by atoms with E-state index in [0.717, 1.165) is 11.8 Å². The van der Waals surface area contributed by atoms with Crippen molar-refractivity contribution in [3.05, 3.63) is 11.6 Å². The Bertz CT molecular complexity index is 332. The zero-order valence-corrected chi connectivity index (χ0v) is 11.9. The van der Waals surface area contributed by atoms with Crippen LogP contribution in [-0.4, -0.2) is 12.6 Å². The van der Waals surface area contributed by atoms with E-state index < -0.39 is 0 Å². The minimum Gasteiger partial charge on any atom is -0.466 e. The molecule has 2 nitrogen and oxygen atoms in total. The van der Waals surface area contributed by atoms with Gasteiger partial charge in [-0.25, -0.2) is 0 Å². The summed E-state index contributed by atoms with van der Waals surface area (Å²) in [6.45, 7) is 7.00. The van der Waals surface area contributed by atoms with Gasteiger partial charge in [-0.3, -0.25) is 4.79 Å². The van der Waals surface area contributed by atoms with Crippen molar-refractivity contribution in [2.45, 2.75) is 52.9 Å². The van der Waals surface area contributed by atoms with Gasteiger partial charge < -0.3 is 4.74 Å². The smallest absolute Gasteiger partial charge is 0.306 e. The molecule has 0 aliphatic heterocycles. The highest BCUT2D eigenvalue weighted by Gasteiger charge is 2.38. The van der Waals surface area contributed by atoms with Gasteiger partial charge in [0.05, 0.1) is 6.61 Å². The summed E-state index contributed by atoms with van der Waals surface area (Å²) in [5.41, 5.74) is 1.51. The molecule has 0 bridgehead atoms. The van der Waals surface area contributed by atoms with E-state index in [4.69, 9.17) is 4.74 Å². The predicted molar refractivity (Wildman–Crippen MR) is 73.1 cm³/mol. The van der Waals surface area contributed by atoms with Crippen molar-refractivity contribution >= 4 is 5.97 Å². The van der Waals surface area contributed by atoms with Crippen molar-refractivity contribution in [3.8, 4) is 0 Å². The molecule has 102 valence electrons. The monoisotopic (exact) mass is 250 g/mol. The van der Waals surface area contributed by atoms with Crippen molar-refractivity contribution in [1.29, 1.82) is 0 Å². The average molecular weight is 250 g/mol. The first-order valence-electron chi connectivity index (χ1n) is 7.44. The molecule has 0 saturated heterocycles. The Kier molecular flexibility index (Phi) is 4.47. The van der Waals surface area contributed by atoms with Crippen molar-refractivity contribution in [1.82, 2.24) is 0 Å². The summed E-state index contributed by atoms with van der Waals surface area (Å²) in [6, 6.07) is 0. The van der Waals surface area contributed by atoms with Crippen LogP contribution in [0.4, 0.5) is 0 Å². The molecule has 2 aliphatic rings. The second-order valence-electron chi connectivity index (χ2n) is 6.12. The molecule has 1 fully saturated rings. The van der Waals surface area contributed by atoms with Crippen LogP contribution in [-0.2, 0) is 9.53 Å². The van der Waals surface area contributed by atoms with Crippen LogP contribution in [0.25, 0.3) is 0 Å². The highest BCUT2D eigenvalue weighted by atomic mass is 16.5. The first-order valence-corrected chi connectivity index (χ1v) is 7.44. The van der Waals surface area contributed by atoms with Gasteiger partial charge in [0.15, 0.2) is 0 Å². The standard InChI is InChI=1S/C16H26O2/c1-4-18-16(17)10-13-7-6-12(3)14-8-5-11(2)9-15(13)14/h9,12-15H,4-8,10H2,1-3H3/t12-,13+,14+,15+/m0/s1. The van der Waals surface area contributed by atoms with Crippen LogP contribution in [0.3, 0.4) is 0 Å². The molecule has 0 N–H and O–H groups in total. The molecular formula is C16H26O2. The fourth-order valence-electron chi connectivity index (χ4n) is 3.83. The average Bonchev–Trinajstić information content (AvgIpc) is 2.33. The van der Waals surface area contributed by atoms with Crippen molar-refractivity contribution in [3.63, 3.8) is 0 Å². The fourth-order valence-corrected chi connectivity index (χ4v) is 3.83. The topological polar surface area (TPSA) is 26.3 Å². The molecule has 0 aromatic carbocycles. The van der Waals surface area contributed by atoms with Crippen LogP contribution in [0.15, 0.2) is 11.6 Å². The number of allylic oxidation sites excluding steroid dienone is 2. The third kappa shape index (κ3) is 2.96. The first kappa shape index (κ1) is 13.6. The second kappa shape index (κ2) is 5.90. The van der Waals surface area contributed by atoms with Crippen LogP contribution < -0.4 is 0 Å². The van der Waals surface area contributed by atoms with E-state index in [2.05, 4.69) is 19.9 Å². The maximum Gasteiger partial charge on any atom is 0.306 e. The molecule has 0 heterocycles. The van der Waals surface area contributed by atoms with Crippen molar-refractivity contribution in [2.24, 2.45) is 23.7 Å². The Morgan fingerprint density at radius 3 is 2.89 bits per heavy atom. The third-order valence-corrected chi connectivity index (χ3v) is 4.85. The van der Waals surface area contributed by atoms with Crippen LogP contribution in [0.1, 0.15) is 52.9 Å². The quantitative estimate of drug-likeness (QED) is 0.560. The molecule has 0 aromatic rings. The maximum atomic E-state index is 11.7. The first-order chi connectivity index (χ1) is 8.61. The van der Waals surface area contributed by atoms with E-state index in [1.165, 1.54) is 31.3 Å². The van der Waals surface area contributed by atoms with E-state index in [-0.39, 0.29) is 5.97 Å². The summed E-state index contributed by atoms with van der Waals surface area (Å²) in [7, 11) is 0. The van der Waals surface area contributed by atoms with Gasteiger partial charge in [0.25, 0.3) is 0 Å². The van der Waals surface area contributed by atoms with Crippen LogP contribution >= 0.6 is 0 Å². The number of fused-ring (bicyclic) bond motifs is 1. The lowest BCUT2D eigenvalue weighted by Gasteiger charge is -2.43. The van der Waals surface area contributed by atoms with E-state index >= 15 is 0 Å². The molecule has 2 aliphatic carbocycles. The lowest BCUT2D eigenvalue weighted by atomic mass is 9.62. The van der Waals surface area contributed by atoms with Gasteiger partial charge in [0, 0.05) is 6.42 Å². The van der Waals surface area contributed by atoms with E-state index in [0.29, 0.717) is 24.9 Å². The minimum atomic E-state index is -0.00701. The Morgan fingerprint density at radius 2 is 2.17 bits per heavy atom. The Hall–Kier alpha value is -0.790. The van der Waals surface area contributed by atoms with Gasteiger partial charge in [-0.05, 0) is 56.8 Å². The highest BCUT2D eigenvalue weighted by molar-refractivity contribution is 5.69. The second-order valence-corrected chi connectivity index (χ2v) is 6.12. The lowest BCUT2D eigenvalue weighted by molar-refractivity contribution is -0.145. The number of hydrogen-bond acceptors (Lipinski definition) is 2. The molecule has 2 heteroatoms. The summed E-state index contributed by atoms with van der Waals surface area (Å²) >= 11 is 0. The number of hydrogen-bond donors (Lipinski definition) is 0. The number of ether oxygens (including phenoxy) is 1. The summed E-state index contributed by atoms with van der Waals surface area (Å²) in [5, 5.41) is 0. The zero-order chi connectivity index (χ0) is 13.1. The van der Waals surface area contributed by atoms with Gasteiger partial charge in [-0.2, -0.15) is 0 Å². The molecule has 0 aromatic heterocycles. The molecule has 0 radical (unpaired) electrons. The summed E-state index contributed by atoms with van der Waals surface area (Å²) in [5.74, 6) is 2.74. The van der Waals surface area contributed by atoms with Gasteiger partial charge >= 0.3 is 5.97 Å². The van der Waals surface area contributed by atoms with Gasteiger partial charge in [-0.1, -0.05) is 25.0 Å². The molecule has 4 atom stereocenters. The van der Waals surface area contributed by atoms with Gasteiger partial charge in [-0.15, -0.1) is 0 Å². The van der Waals surface area contributed by atoms with Crippen LogP contribution in [0.5, 0.6) is 0 Å². The number of carbonyl (C=O) groups excluding carboxylic acids is 1. The predicted octanol–water partition coefficient (Wildman–Crippen LogP) is 3.96. The zero-order valence-electron chi connectivity index (χ0n) is 11.9. The van der Waals surface area contributed by atoms with E-state index in [1.54, 1.807) is 0 Å². The largest absolute Gasteiger partial charge is 0.466 e. The molecular weight excluding hydrogens is 224 g/mol. The summed E-state index contributed by atoms with van der Waals surface area (Å²) in [4.78, 5) is 11.7. The van der Waals surface area contributed by atoms with Crippen molar-refractivity contribution < 1.29 is 9.53 Å². The Labute approximate surface area is 111 Å². The number of esters is 1. The third-order valence-electron chi connectivity index (χ3n) is 4.85. The SMILES string of the molecule is CCOC(=O)C[C@H]1CC[C@H](C)[C@H]2CCC(C)=C[C@H]12. The fraction of sp³-hybridized carbons (Fsp3) is 0.812. The molecule has 1 saturated carbocycles. The normalized spacial score (nSPS) is 35.6. The van der Waals surface area contributed by atoms with Crippen LogP contribution in [0, 0.1) is 23.7 Å². The lowest BCUT2D eigenvalue weighted by Crippen LogP contribution is -2.35. The maximum absolute atomic E-state index is 11.7. The number of rotatable bonds is 3. The Balaban J connectivity index is 2.06. The molecule has 2 rings (SSSR count). The Morgan fingerprint density at radius 1 is 1.39 bits per heavy atom. The van der Waals surface area contributed by atoms with Gasteiger partial charge in [0.2, 0.25) is 0 Å². The van der Waals surface area contributed by atoms with E-state index in [1.807, 2.05) is 6.92 Å². The van der Waals surface area contributed by atoms with Gasteiger partial charge in [0.1, 0.15) is 0 Å². The summed E-state index contributed by atoms with van der Waals surface area (Å²) in [6.07, 6.45) is 8.09. The minimum absolute atomic E-state index is 0.00701. The molecule has 0 spiro atoms. The van der Waals surface area contributed by atoms with Crippen LogP contribution in [0.2, 0.25) is 0 Å². The molecule has 0 unspecified atom stereocenters.